The summed E-state index contributed by atoms with van der Waals surface area (Å²) in [5.41, 5.74) is 19.2. The van der Waals surface area contributed by atoms with Crippen molar-refractivity contribution >= 4 is 44.9 Å². The van der Waals surface area contributed by atoms with E-state index in [1.807, 2.05) is 0 Å². The lowest BCUT2D eigenvalue weighted by molar-refractivity contribution is 0.632. The molecule has 0 atom stereocenters. The summed E-state index contributed by atoms with van der Waals surface area (Å²) in [4.78, 5) is 5.11. The van der Waals surface area contributed by atoms with E-state index in [9.17, 15) is 0 Å². The largest absolute Gasteiger partial charge is 0.308 e. The predicted octanol–water partition coefficient (Wildman–Crippen LogP) is 16.1. The molecule has 2 nitrogen and oxygen atoms in total. The van der Waals surface area contributed by atoms with Crippen LogP contribution in [-0.2, 0) is 10.8 Å². The van der Waals surface area contributed by atoms with Gasteiger partial charge in [-0.25, -0.2) is 0 Å². The first kappa shape index (κ1) is 36.0. The third kappa shape index (κ3) is 5.48. The third-order valence-electron chi connectivity index (χ3n) is 13.2. The van der Waals surface area contributed by atoms with Gasteiger partial charge in [0.05, 0.1) is 28.4 Å². The van der Waals surface area contributed by atoms with Crippen molar-refractivity contribution < 1.29 is 0 Å². The molecule has 0 bridgehead atoms. The molecule has 9 aromatic carbocycles. The number of para-hydroxylation sites is 2. The highest BCUT2D eigenvalue weighted by atomic mass is 15.2. The van der Waals surface area contributed by atoms with Gasteiger partial charge in [-0.05, 0) is 91.9 Å². The Morgan fingerprint density at radius 3 is 1.77 bits per heavy atom. The second-order valence-corrected chi connectivity index (χ2v) is 17.3. The van der Waals surface area contributed by atoms with Crippen molar-refractivity contribution in [2.75, 3.05) is 9.80 Å². The second kappa shape index (κ2) is 13.7. The minimum absolute atomic E-state index is 0.164. The van der Waals surface area contributed by atoms with E-state index in [2.05, 4.69) is 244 Å². The smallest absolute Gasteiger partial charge is 0.0781 e. The molecular formula is C58H46N2. The lowest BCUT2D eigenvalue weighted by Crippen LogP contribution is -2.31. The molecule has 1 heterocycles. The van der Waals surface area contributed by atoms with Crippen molar-refractivity contribution in [1.29, 1.82) is 0 Å². The van der Waals surface area contributed by atoms with Gasteiger partial charge in [0.25, 0.3) is 0 Å². The minimum atomic E-state index is -0.234. The van der Waals surface area contributed by atoms with Gasteiger partial charge >= 0.3 is 0 Å². The molecule has 2 heteroatoms. The van der Waals surface area contributed by atoms with E-state index in [4.69, 9.17) is 0 Å². The summed E-state index contributed by atoms with van der Waals surface area (Å²) >= 11 is 0. The van der Waals surface area contributed by atoms with Gasteiger partial charge < -0.3 is 9.80 Å². The fraction of sp³-hybridized carbons (Fsp3) is 0.103. The van der Waals surface area contributed by atoms with Crippen LogP contribution in [-0.4, -0.2) is 0 Å². The lowest BCUT2D eigenvalue weighted by Gasteiger charge is -2.44. The molecule has 0 spiro atoms. The first-order chi connectivity index (χ1) is 29.3. The molecule has 60 heavy (non-hydrogen) atoms. The van der Waals surface area contributed by atoms with Crippen LogP contribution in [0.3, 0.4) is 0 Å². The number of hydrogen-bond donors (Lipinski definition) is 0. The Kier molecular flexibility index (Phi) is 8.22. The Labute approximate surface area is 353 Å². The fourth-order valence-electron chi connectivity index (χ4n) is 10.2. The van der Waals surface area contributed by atoms with Crippen molar-refractivity contribution in [2.45, 2.75) is 38.5 Å². The van der Waals surface area contributed by atoms with E-state index in [1.165, 1.54) is 77.8 Å². The van der Waals surface area contributed by atoms with Gasteiger partial charge in [-0.3, -0.25) is 0 Å². The zero-order chi connectivity index (χ0) is 40.6. The van der Waals surface area contributed by atoms with E-state index < -0.39 is 0 Å². The van der Waals surface area contributed by atoms with Gasteiger partial charge in [-0.15, -0.1) is 0 Å². The lowest BCUT2D eigenvalue weighted by atomic mass is 9.73. The number of benzene rings is 9. The molecule has 288 valence electrons. The van der Waals surface area contributed by atoms with Crippen LogP contribution in [0.4, 0.5) is 34.1 Å². The Morgan fingerprint density at radius 1 is 0.367 bits per heavy atom. The van der Waals surface area contributed by atoms with Crippen LogP contribution in [0.5, 0.6) is 0 Å². The van der Waals surface area contributed by atoms with Gasteiger partial charge in [-0.1, -0.05) is 198 Å². The molecule has 2 aliphatic rings. The number of anilines is 6. The Morgan fingerprint density at radius 2 is 0.967 bits per heavy atom. The molecule has 9 aromatic rings. The predicted molar refractivity (Wildman–Crippen MR) is 254 cm³/mol. The van der Waals surface area contributed by atoms with Gasteiger partial charge in [-0.2, -0.15) is 0 Å². The Balaban J connectivity index is 1.24. The standard InChI is InChI=1S/C58H46N2/c1-57(2)48-27-15-13-26-46(48)47-34-33-43(38-51(47)57)59(52-29-17-14-24-44(52)40-21-9-6-10-22-40)54-36-32-41-23-11-12-25-45(41)56(54)60-53-30-18-16-28-49(53)58(3,4)50-35-31-42(37-55(50)60)39-19-7-5-8-20-39/h5-38H,1-4H3. The SMILES string of the molecule is CC1(C)c2ccccc2-c2ccc(N(c3ccccc3-c3ccccc3)c3ccc4ccccc4c3N3c4ccccc4C(C)(C)c4ccc(-c5ccccc5)cc43)cc21. The van der Waals surface area contributed by atoms with E-state index in [0.717, 1.165) is 22.7 Å². The fourth-order valence-corrected chi connectivity index (χ4v) is 10.2. The van der Waals surface area contributed by atoms with Crippen molar-refractivity contribution in [1.82, 2.24) is 0 Å². The van der Waals surface area contributed by atoms with Crippen LogP contribution in [0.1, 0.15) is 49.9 Å². The molecule has 0 aromatic heterocycles. The van der Waals surface area contributed by atoms with Crippen LogP contribution >= 0.6 is 0 Å². The Bertz CT molecular complexity index is 3100. The van der Waals surface area contributed by atoms with Crippen LogP contribution in [0.2, 0.25) is 0 Å². The van der Waals surface area contributed by atoms with Crippen LogP contribution in [0, 0.1) is 0 Å². The highest BCUT2D eigenvalue weighted by Gasteiger charge is 2.40. The van der Waals surface area contributed by atoms with Crippen molar-refractivity contribution in [3.05, 3.63) is 229 Å². The zero-order valence-electron chi connectivity index (χ0n) is 34.5. The molecule has 1 aliphatic heterocycles. The molecular weight excluding hydrogens is 725 g/mol. The average molecular weight is 771 g/mol. The summed E-state index contributed by atoms with van der Waals surface area (Å²) in [6, 6.07) is 76.3. The van der Waals surface area contributed by atoms with Gasteiger partial charge in [0.15, 0.2) is 0 Å². The summed E-state index contributed by atoms with van der Waals surface area (Å²) in [6.45, 7) is 9.50. The maximum Gasteiger partial charge on any atom is 0.0781 e. The molecule has 0 unspecified atom stereocenters. The highest BCUT2D eigenvalue weighted by Crippen LogP contribution is 2.58. The minimum Gasteiger partial charge on any atom is -0.308 e. The van der Waals surface area contributed by atoms with Crippen LogP contribution in [0.25, 0.3) is 44.2 Å². The molecule has 0 amide bonds. The van der Waals surface area contributed by atoms with Gasteiger partial charge in [0.2, 0.25) is 0 Å². The molecule has 0 N–H and O–H groups in total. The van der Waals surface area contributed by atoms with Crippen molar-refractivity contribution in [2.24, 2.45) is 0 Å². The third-order valence-corrected chi connectivity index (χ3v) is 13.2. The van der Waals surface area contributed by atoms with E-state index in [1.54, 1.807) is 0 Å². The Hall–Kier alpha value is -7.16. The number of fused-ring (bicyclic) bond motifs is 6. The summed E-state index contributed by atoms with van der Waals surface area (Å²) in [5.74, 6) is 0. The number of hydrogen-bond acceptors (Lipinski definition) is 2. The summed E-state index contributed by atoms with van der Waals surface area (Å²) in [7, 11) is 0. The van der Waals surface area contributed by atoms with Crippen LogP contribution in [0.15, 0.2) is 206 Å². The quantitative estimate of drug-likeness (QED) is 0.166. The topological polar surface area (TPSA) is 6.48 Å². The maximum absolute atomic E-state index is 2.57. The molecule has 1 aliphatic carbocycles. The van der Waals surface area contributed by atoms with Crippen LogP contribution < -0.4 is 9.80 Å². The van der Waals surface area contributed by atoms with Gasteiger partial charge in [0, 0.05) is 27.5 Å². The van der Waals surface area contributed by atoms with E-state index in [-0.39, 0.29) is 10.8 Å². The molecule has 0 saturated carbocycles. The normalized spacial score (nSPS) is 14.2. The molecule has 0 saturated heterocycles. The average Bonchev–Trinajstić information content (AvgIpc) is 3.52. The zero-order valence-corrected chi connectivity index (χ0v) is 34.5. The van der Waals surface area contributed by atoms with E-state index in [0.29, 0.717) is 0 Å². The maximum atomic E-state index is 2.57. The monoisotopic (exact) mass is 770 g/mol. The molecule has 0 radical (unpaired) electrons. The molecule has 0 fully saturated rings. The van der Waals surface area contributed by atoms with Crippen molar-refractivity contribution in [3.63, 3.8) is 0 Å². The van der Waals surface area contributed by atoms with Gasteiger partial charge in [0.1, 0.15) is 0 Å². The summed E-state index contributed by atoms with van der Waals surface area (Å²) < 4.78 is 0. The second-order valence-electron chi connectivity index (χ2n) is 17.3. The number of nitrogens with zero attached hydrogens (tertiary/aromatic N) is 2. The first-order valence-electron chi connectivity index (χ1n) is 21.1. The van der Waals surface area contributed by atoms with Crippen molar-refractivity contribution in [3.8, 4) is 33.4 Å². The summed E-state index contributed by atoms with van der Waals surface area (Å²) in [6.07, 6.45) is 0. The summed E-state index contributed by atoms with van der Waals surface area (Å²) in [5, 5.41) is 2.39. The van der Waals surface area contributed by atoms with E-state index >= 15 is 0 Å². The highest BCUT2D eigenvalue weighted by molar-refractivity contribution is 6.09. The first-order valence-corrected chi connectivity index (χ1v) is 21.1. The number of rotatable bonds is 6. The molecule has 11 rings (SSSR count).